The summed E-state index contributed by atoms with van der Waals surface area (Å²) in [5.41, 5.74) is 0.919. The van der Waals surface area contributed by atoms with Crippen molar-refractivity contribution >= 4 is 0 Å². The highest BCUT2D eigenvalue weighted by molar-refractivity contribution is 4.98. The Bertz CT molecular complexity index is 195. The summed E-state index contributed by atoms with van der Waals surface area (Å²) in [6.07, 6.45) is 3.28. The number of aromatic nitrogens is 2. The lowest BCUT2D eigenvalue weighted by Crippen LogP contribution is -2.05. The molecule has 0 bridgehead atoms. The highest BCUT2D eigenvalue weighted by Gasteiger charge is 1.87. The predicted molar refractivity (Wildman–Crippen MR) is 39.1 cm³/mol. The van der Waals surface area contributed by atoms with E-state index in [4.69, 9.17) is 0 Å². The van der Waals surface area contributed by atoms with E-state index in [1.165, 1.54) is 0 Å². The normalized spacial score (nSPS) is 8.80. The van der Waals surface area contributed by atoms with E-state index < -0.39 is 0 Å². The molecule has 0 saturated carbocycles. The van der Waals surface area contributed by atoms with Gasteiger partial charge in [-0.2, -0.15) is 10.2 Å². The number of nitrogens with one attached hydrogen (secondary N) is 1. The zero-order chi connectivity index (χ0) is 7.23. The standard InChI is InChI=1S/C7H9N3/c1-2-8-6-7-4-3-5-9-10-7/h2-5,8H,1,6H2. The summed E-state index contributed by atoms with van der Waals surface area (Å²) in [4.78, 5) is 0. The Morgan fingerprint density at radius 3 is 3.20 bits per heavy atom. The number of nitrogens with zero attached hydrogens (tertiary/aromatic N) is 2. The third-order valence-corrected chi connectivity index (χ3v) is 1.06. The van der Waals surface area contributed by atoms with Gasteiger partial charge in [0.05, 0.1) is 12.2 Å². The minimum atomic E-state index is 0.692. The summed E-state index contributed by atoms with van der Waals surface area (Å²) in [6, 6.07) is 3.76. The molecule has 0 saturated heterocycles. The van der Waals surface area contributed by atoms with Crippen LogP contribution in [-0.2, 0) is 6.54 Å². The second-order valence-electron chi connectivity index (χ2n) is 1.80. The number of hydrogen-bond donors (Lipinski definition) is 1. The zero-order valence-corrected chi connectivity index (χ0v) is 5.62. The maximum absolute atomic E-state index is 3.86. The largest absolute Gasteiger partial charge is 0.386 e. The van der Waals surface area contributed by atoms with Crippen LogP contribution in [0.1, 0.15) is 5.69 Å². The second kappa shape index (κ2) is 3.61. The fourth-order valence-electron chi connectivity index (χ4n) is 0.604. The van der Waals surface area contributed by atoms with Crippen molar-refractivity contribution in [1.82, 2.24) is 15.5 Å². The molecule has 0 aliphatic carbocycles. The van der Waals surface area contributed by atoms with Crippen molar-refractivity contribution in [3.63, 3.8) is 0 Å². The average molecular weight is 135 g/mol. The second-order valence-corrected chi connectivity index (χ2v) is 1.80. The van der Waals surface area contributed by atoms with Crippen LogP contribution in [0.25, 0.3) is 0 Å². The lowest BCUT2D eigenvalue weighted by molar-refractivity contribution is 0.804. The zero-order valence-electron chi connectivity index (χ0n) is 5.62. The van der Waals surface area contributed by atoms with Gasteiger partial charge in [0, 0.05) is 6.20 Å². The van der Waals surface area contributed by atoms with E-state index in [-0.39, 0.29) is 0 Å². The Morgan fingerprint density at radius 2 is 2.60 bits per heavy atom. The summed E-state index contributed by atoms with van der Waals surface area (Å²) in [6.45, 7) is 4.21. The Labute approximate surface area is 59.8 Å². The first-order valence-electron chi connectivity index (χ1n) is 3.04. The molecule has 1 N–H and O–H groups in total. The Hall–Kier alpha value is -1.38. The van der Waals surface area contributed by atoms with Crippen molar-refractivity contribution < 1.29 is 0 Å². The maximum Gasteiger partial charge on any atom is 0.0821 e. The van der Waals surface area contributed by atoms with Gasteiger partial charge >= 0.3 is 0 Å². The first-order valence-corrected chi connectivity index (χ1v) is 3.04. The molecule has 0 fully saturated rings. The molecule has 1 aromatic rings. The van der Waals surface area contributed by atoms with Gasteiger partial charge in [0.2, 0.25) is 0 Å². The minimum absolute atomic E-state index is 0.692. The van der Waals surface area contributed by atoms with Crippen LogP contribution in [0.4, 0.5) is 0 Å². The van der Waals surface area contributed by atoms with Gasteiger partial charge in [0.25, 0.3) is 0 Å². The van der Waals surface area contributed by atoms with E-state index in [9.17, 15) is 0 Å². The van der Waals surface area contributed by atoms with Crippen LogP contribution in [0.3, 0.4) is 0 Å². The molecule has 1 aromatic heterocycles. The molecule has 0 aliphatic rings. The predicted octanol–water partition coefficient (Wildman–Crippen LogP) is 0.710. The van der Waals surface area contributed by atoms with Gasteiger partial charge < -0.3 is 5.32 Å². The molecule has 1 heterocycles. The van der Waals surface area contributed by atoms with Crippen molar-refractivity contribution in [3.8, 4) is 0 Å². The van der Waals surface area contributed by atoms with E-state index in [1.807, 2.05) is 12.1 Å². The van der Waals surface area contributed by atoms with Gasteiger partial charge in [-0.1, -0.05) is 6.58 Å². The van der Waals surface area contributed by atoms with Crippen LogP contribution < -0.4 is 5.32 Å². The first-order chi connectivity index (χ1) is 4.93. The lowest BCUT2D eigenvalue weighted by atomic mass is 10.4. The Morgan fingerprint density at radius 1 is 1.70 bits per heavy atom. The van der Waals surface area contributed by atoms with E-state index in [0.717, 1.165) is 5.69 Å². The van der Waals surface area contributed by atoms with Gasteiger partial charge in [-0.25, -0.2) is 0 Å². The van der Waals surface area contributed by atoms with Gasteiger partial charge in [0.15, 0.2) is 0 Å². The maximum atomic E-state index is 3.86. The molecule has 10 heavy (non-hydrogen) atoms. The molecule has 3 nitrogen and oxygen atoms in total. The van der Waals surface area contributed by atoms with E-state index >= 15 is 0 Å². The topological polar surface area (TPSA) is 37.8 Å². The first kappa shape index (κ1) is 6.74. The molecule has 52 valence electrons. The summed E-state index contributed by atoms with van der Waals surface area (Å²) < 4.78 is 0. The van der Waals surface area contributed by atoms with Crippen molar-refractivity contribution in [2.24, 2.45) is 0 Å². The molecule has 3 heteroatoms. The molecule has 0 atom stereocenters. The Balaban J connectivity index is 2.50. The molecule has 0 aliphatic heterocycles. The number of hydrogen-bond acceptors (Lipinski definition) is 3. The Kier molecular flexibility index (Phi) is 2.43. The summed E-state index contributed by atoms with van der Waals surface area (Å²) in [7, 11) is 0. The minimum Gasteiger partial charge on any atom is -0.386 e. The molecule has 0 aromatic carbocycles. The fraction of sp³-hybridized carbons (Fsp3) is 0.143. The summed E-state index contributed by atoms with van der Waals surface area (Å²) >= 11 is 0. The molecule has 1 rings (SSSR count). The third kappa shape index (κ3) is 1.85. The molecular formula is C7H9N3. The highest BCUT2D eigenvalue weighted by atomic mass is 15.1. The van der Waals surface area contributed by atoms with Gasteiger partial charge in [-0.05, 0) is 18.3 Å². The van der Waals surface area contributed by atoms with Crippen LogP contribution in [0.2, 0.25) is 0 Å². The van der Waals surface area contributed by atoms with Crippen LogP contribution in [0, 0.1) is 0 Å². The van der Waals surface area contributed by atoms with E-state index in [1.54, 1.807) is 12.4 Å². The highest BCUT2D eigenvalue weighted by Crippen LogP contribution is 1.88. The molecule has 0 radical (unpaired) electrons. The van der Waals surface area contributed by atoms with E-state index in [2.05, 4.69) is 22.1 Å². The lowest BCUT2D eigenvalue weighted by Gasteiger charge is -1.96. The average Bonchev–Trinajstić information content (AvgIpc) is 2.03. The smallest absolute Gasteiger partial charge is 0.0821 e. The SMILES string of the molecule is C=CNCc1cccnn1. The summed E-state index contributed by atoms with van der Waals surface area (Å²) in [5.74, 6) is 0. The van der Waals surface area contributed by atoms with Crippen molar-refractivity contribution in [1.29, 1.82) is 0 Å². The monoisotopic (exact) mass is 135 g/mol. The van der Waals surface area contributed by atoms with Crippen LogP contribution in [-0.4, -0.2) is 10.2 Å². The van der Waals surface area contributed by atoms with Gasteiger partial charge in [0.1, 0.15) is 0 Å². The third-order valence-electron chi connectivity index (χ3n) is 1.06. The van der Waals surface area contributed by atoms with Gasteiger partial charge in [-0.15, -0.1) is 0 Å². The van der Waals surface area contributed by atoms with Crippen LogP contribution >= 0.6 is 0 Å². The fourth-order valence-corrected chi connectivity index (χ4v) is 0.604. The van der Waals surface area contributed by atoms with Gasteiger partial charge in [-0.3, -0.25) is 0 Å². The van der Waals surface area contributed by atoms with Crippen LogP contribution in [0.15, 0.2) is 31.1 Å². The van der Waals surface area contributed by atoms with E-state index in [0.29, 0.717) is 6.54 Å². The number of rotatable bonds is 3. The molecule has 0 unspecified atom stereocenters. The quantitative estimate of drug-likeness (QED) is 0.663. The van der Waals surface area contributed by atoms with Crippen LogP contribution in [0.5, 0.6) is 0 Å². The molecule has 0 amide bonds. The summed E-state index contributed by atoms with van der Waals surface area (Å²) in [5, 5.41) is 10.5. The molecular weight excluding hydrogens is 126 g/mol. The molecule has 0 spiro atoms. The van der Waals surface area contributed by atoms with Crippen molar-refractivity contribution in [2.75, 3.05) is 0 Å². The van der Waals surface area contributed by atoms with Crippen molar-refractivity contribution in [3.05, 3.63) is 36.8 Å². The van der Waals surface area contributed by atoms with Crippen molar-refractivity contribution in [2.45, 2.75) is 6.54 Å².